The van der Waals surface area contributed by atoms with Gasteiger partial charge in [-0.1, -0.05) is 23.2 Å². The molecule has 1 unspecified atom stereocenters. The van der Waals surface area contributed by atoms with Crippen molar-refractivity contribution in [3.63, 3.8) is 0 Å². The number of piperidine rings is 1. The minimum Gasteiger partial charge on any atom is -0.487 e. The van der Waals surface area contributed by atoms with Crippen molar-refractivity contribution in [3.05, 3.63) is 81.7 Å². The van der Waals surface area contributed by atoms with Crippen LogP contribution in [0.3, 0.4) is 0 Å². The van der Waals surface area contributed by atoms with E-state index in [2.05, 4.69) is 9.88 Å². The number of aromatic carboxylic acids is 1. The molecule has 42 heavy (non-hydrogen) atoms. The van der Waals surface area contributed by atoms with Gasteiger partial charge in [-0.05, 0) is 67.3 Å². The summed E-state index contributed by atoms with van der Waals surface area (Å²) in [6, 6.07) is 13.9. The highest BCUT2D eigenvalue weighted by atomic mass is 35.5. The number of nitrogens with zero attached hydrogens (tertiary/aromatic N) is 4. The summed E-state index contributed by atoms with van der Waals surface area (Å²) >= 11 is 17.1. The lowest BCUT2D eigenvalue weighted by molar-refractivity contribution is -0.0611. The molecule has 220 valence electrons. The van der Waals surface area contributed by atoms with Gasteiger partial charge >= 0.3 is 5.97 Å². The summed E-state index contributed by atoms with van der Waals surface area (Å²) in [5, 5.41) is 10.3. The Labute approximate surface area is 258 Å². The van der Waals surface area contributed by atoms with E-state index in [9.17, 15) is 9.90 Å². The number of hydrogen-bond acceptors (Lipinski definition) is 8. The first kappa shape index (κ1) is 29.1. The van der Waals surface area contributed by atoms with Gasteiger partial charge < -0.3 is 23.9 Å². The van der Waals surface area contributed by atoms with Crippen molar-refractivity contribution in [3.8, 4) is 11.6 Å². The molecular weight excluding hydrogens is 599 g/mol. The van der Waals surface area contributed by atoms with Crippen LogP contribution in [0.2, 0.25) is 10.0 Å². The molecular formula is C30H30Cl2N4O5S. The van der Waals surface area contributed by atoms with Crippen LogP contribution in [0.25, 0.3) is 11.0 Å². The third-order valence-corrected chi connectivity index (χ3v) is 8.71. The fraction of sp³-hybridized carbons (Fsp3) is 0.367. The van der Waals surface area contributed by atoms with Crippen LogP contribution in [-0.2, 0) is 17.9 Å². The van der Waals surface area contributed by atoms with Gasteiger partial charge in [-0.15, -0.1) is 0 Å². The molecule has 2 atom stereocenters. The van der Waals surface area contributed by atoms with Gasteiger partial charge in [0, 0.05) is 37.0 Å². The van der Waals surface area contributed by atoms with E-state index in [1.807, 2.05) is 16.7 Å². The molecule has 2 aliphatic rings. The largest absolute Gasteiger partial charge is 0.487 e. The number of likely N-dealkylation sites (tertiary alicyclic amines) is 1. The van der Waals surface area contributed by atoms with Gasteiger partial charge in [0.05, 0.1) is 34.3 Å². The minimum absolute atomic E-state index is 0.0334. The summed E-state index contributed by atoms with van der Waals surface area (Å²) in [7, 11) is 0. The van der Waals surface area contributed by atoms with Crippen molar-refractivity contribution in [2.45, 2.75) is 50.0 Å². The molecule has 4 aromatic rings. The smallest absolute Gasteiger partial charge is 0.335 e. The standard InChI is InChI=1S/C30H30Cl2N4O5S/c31-20-2-4-25(22(32)15-20)40-17-18-5-9-33-28(13-18)41-21-6-10-35(11-7-21)16-27-34-23-3-1-19(30(37)38)14-24(23)36(27)29(42)26-8-12-39-26/h1-5,9,13-15,21,26,29,42H,6-8,10-12,16-17H2,(H,37,38)/t26?,29-/m0/s1. The number of aromatic nitrogens is 3. The zero-order valence-electron chi connectivity index (χ0n) is 22.7. The Hall–Kier alpha value is -3.02. The van der Waals surface area contributed by atoms with Gasteiger partial charge in [0.1, 0.15) is 29.7 Å². The zero-order valence-corrected chi connectivity index (χ0v) is 25.1. The number of benzene rings is 2. The van der Waals surface area contributed by atoms with E-state index in [0.717, 1.165) is 54.8 Å². The molecule has 2 saturated heterocycles. The van der Waals surface area contributed by atoms with Gasteiger partial charge in [-0.3, -0.25) is 4.90 Å². The number of ether oxygens (including phenoxy) is 3. The number of fused-ring (bicyclic) bond motifs is 1. The quantitative estimate of drug-likeness (QED) is 0.198. The molecule has 6 rings (SSSR count). The number of carboxylic acids is 1. The van der Waals surface area contributed by atoms with E-state index in [4.69, 9.17) is 55.0 Å². The van der Waals surface area contributed by atoms with Gasteiger partial charge in [-0.25, -0.2) is 14.8 Å². The van der Waals surface area contributed by atoms with Crippen LogP contribution >= 0.6 is 35.8 Å². The molecule has 2 aliphatic heterocycles. The molecule has 2 aromatic carbocycles. The predicted molar refractivity (Wildman–Crippen MR) is 163 cm³/mol. The van der Waals surface area contributed by atoms with Gasteiger partial charge in [0.25, 0.3) is 0 Å². The number of halogens is 2. The number of rotatable bonds is 10. The second-order valence-corrected chi connectivity index (χ2v) is 11.9. The summed E-state index contributed by atoms with van der Waals surface area (Å²) in [6.07, 6.45) is 4.30. The van der Waals surface area contributed by atoms with Crippen molar-refractivity contribution in [2.75, 3.05) is 19.7 Å². The average Bonchev–Trinajstić information content (AvgIpc) is 3.30. The molecule has 0 amide bonds. The maximum absolute atomic E-state index is 11.6. The van der Waals surface area contributed by atoms with Crippen LogP contribution in [0.5, 0.6) is 11.6 Å². The topological polar surface area (TPSA) is 98.9 Å². The Bertz CT molecular complexity index is 1590. The molecule has 9 nitrogen and oxygen atoms in total. The first-order valence-corrected chi connectivity index (χ1v) is 15.1. The first-order valence-electron chi connectivity index (χ1n) is 13.8. The molecule has 2 fully saturated rings. The van der Waals surface area contributed by atoms with E-state index in [-0.39, 0.29) is 23.1 Å². The van der Waals surface area contributed by atoms with Crippen LogP contribution < -0.4 is 9.47 Å². The van der Waals surface area contributed by atoms with Crippen molar-refractivity contribution in [1.29, 1.82) is 0 Å². The SMILES string of the molecule is O=C(O)c1ccc2nc(CN3CCC(Oc4cc(COc5ccc(Cl)cc5Cl)ccn4)CC3)n([C@@H](S)C3CCO3)c2c1. The fourth-order valence-corrected chi connectivity index (χ4v) is 6.21. The Balaban J connectivity index is 1.08. The van der Waals surface area contributed by atoms with Crippen LogP contribution in [-0.4, -0.2) is 62.4 Å². The Kier molecular flexibility index (Phi) is 8.78. The molecule has 1 N–H and O–H groups in total. The van der Waals surface area contributed by atoms with Crippen LogP contribution in [0.1, 0.15) is 46.4 Å². The molecule has 0 aliphatic carbocycles. The second kappa shape index (κ2) is 12.7. The fourth-order valence-electron chi connectivity index (χ4n) is 5.25. The summed E-state index contributed by atoms with van der Waals surface area (Å²) in [4.78, 5) is 23.2. The molecule has 0 spiro atoms. The highest BCUT2D eigenvalue weighted by Crippen LogP contribution is 2.34. The zero-order chi connectivity index (χ0) is 29.2. The maximum Gasteiger partial charge on any atom is 0.335 e. The van der Waals surface area contributed by atoms with Crippen molar-refractivity contribution in [2.24, 2.45) is 0 Å². The van der Waals surface area contributed by atoms with Gasteiger partial charge in [-0.2, -0.15) is 12.6 Å². The molecule has 0 bridgehead atoms. The third-order valence-electron chi connectivity index (χ3n) is 7.62. The highest BCUT2D eigenvalue weighted by Gasteiger charge is 2.31. The van der Waals surface area contributed by atoms with E-state index in [0.29, 0.717) is 41.4 Å². The van der Waals surface area contributed by atoms with Crippen molar-refractivity contribution < 1.29 is 24.1 Å². The first-order chi connectivity index (χ1) is 20.3. The number of carboxylic acid groups (broad SMARTS) is 1. The van der Waals surface area contributed by atoms with E-state index in [1.165, 1.54) is 0 Å². The number of carbonyl (C=O) groups is 1. The number of hydrogen-bond donors (Lipinski definition) is 2. The second-order valence-electron chi connectivity index (χ2n) is 10.5. The van der Waals surface area contributed by atoms with Crippen molar-refractivity contribution in [1.82, 2.24) is 19.4 Å². The Morgan fingerprint density at radius 3 is 2.64 bits per heavy atom. The van der Waals surface area contributed by atoms with Crippen LogP contribution in [0.4, 0.5) is 0 Å². The number of imidazole rings is 1. The lowest BCUT2D eigenvalue weighted by Crippen LogP contribution is -2.39. The van der Waals surface area contributed by atoms with E-state index >= 15 is 0 Å². The molecule has 0 radical (unpaired) electrons. The van der Waals surface area contributed by atoms with E-state index < -0.39 is 5.97 Å². The third kappa shape index (κ3) is 6.48. The number of thiol groups is 1. The molecule has 4 heterocycles. The average molecular weight is 630 g/mol. The summed E-state index contributed by atoms with van der Waals surface area (Å²) in [6.45, 7) is 3.29. The normalized spacial score (nSPS) is 18.5. The Morgan fingerprint density at radius 2 is 1.93 bits per heavy atom. The van der Waals surface area contributed by atoms with Gasteiger partial charge in [0.15, 0.2) is 0 Å². The van der Waals surface area contributed by atoms with Gasteiger partial charge in [0.2, 0.25) is 5.88 Å². The molecule has 2 aromatic heterocycles. The van der Waals surface area contributed by atoms with Crippen LogP contribution in [0.15, 0.2) is 54.7 Å². The summed E-state index contributed by atoms with van der Waals surface area (Å²) in [5.41, 5.74) is 2.65. The maximum atomic E-state index is 11.6. The number of pyridine rings is 1. The minimum atomic E-state index is -0.970. The summed E-state index contributed by atoms with van der Waals surface area (Å²) < 4.78 is 19.8. The monoisotopic (exact) mass is 628 g/mol. The van der Waals surface area contributed by atoms with E-state index in [1.54, 1.807) is 42.6 Å². The Morgan fingerprint density at radius 1 is 1.12 bits per heavy atom. The van der Waals surface area contributed by atoms with Crippen LogP contribution in [0, 0.1) is 0 Å². The lowest BCUT2D eigenvalue weighted by atomic mass is 10.1. The highest BCUT2D eigenvalue weighted by molar-refractivity contribution is 7.80. The molecule has 0 saturated carbocycles. The lowest BCUT2D eigenvalue weighted by Gasteiger charge is -2.35. The predicted octanol–water partition coefficient (Wildman–Crippen LogP) is 6.28. The van der Waals surface area contributed by atoms with Crippen molar-refractivity contribution >= 4 is 52.8 Å². The molecule has 12 heteroatoms. The summed E-state index contributed by atoms with van der Waals surface area (Å²) in [5.74, 6) is 0.999.